The van der Waals surface area contributed by atoms with Gasteiger partial charge in [0.25, 0.3) is 0 Å². The molecule has 2 aromatic carbocycles. The molecular formula is C26H33N3O5. The standard InChI is InChI=1S/C26H33N3O5/c1-29(2)15-25(32)28-18-8-9-22-20(12-18)21-13-19(33-23(16-30)26(21)34-22)14-24(31)27-11-10-17-6-4-3-5-7-17/h3-9,12,19,21,23,26,30H,10-11,13-16H2,1-2H3,(H,27,31)(H,28,32)/t19-,21+,23-,26-/m1/s1. The average Bonchev–Trinajstić information content (AvgIpc) is 3.16. The number of fused-ring (bicyclic) bond motifs is 3. The highest BCUT2D eigenvalue weighted by molar-refractivity contribution is 5.92. The second-order valence-electron chi connectivity index (χ2n) is 9.23. The molecule has 1 saturated heterocycles. The van der Waals surface area contributed by atoms with Gasteiger partial charge in [0, 0.05) is 23.7 Å². The number of carbonyl (C=O) groups is 2. The van der Waals surface area contributed by atoms with Crippen LogP contribution in [0.4, 0.5) is 5.69 Å². The summed E-state index contributed by atoms with van der Waals surface area (Å²) in [6.07, 6.45) is 0.450. The monoisotopic (exact) mass is 467 g/mol. The van der Waals surface area contributed by atoms with Gasteiger partial charge in [-0.2, -0.15) is 0 Å². The molecule has 2 aromatic rings. The number of hydrogen-bond acceptors (Lipinski definition) is 6. The van der Waals surface area contributed by atoms with Crippen LogP contribution in [0.3, 0.4) is 0 Å². The molecule has 0 aliphatic carbocycles. The number of nitrogens with zero attached hydrogens (tertiary/aromatic N) is 1. The molecule has 0 radical (unpaired) electrons. The Morgan fingerprint density at radius 1 is 1.12 bits per heavy atom. The van der Waals surface area contributed by atoms with Crippen LogP contribution in [0.2, 0.25) is 0 Å². The third-order valence-corrected chi connectivity index (χ3v) is 6.23. The maximum Gasteiger partial charge on any atom is 0.238 e. The number of amides is 2. The molecule has 34 heavy (non-hydrogen) atoms. The third kappa shape index (κ3) is 5.94. The molecule has 182 valence electrons. The van der Waals surface area contributed by atoms with Gasteiger partial charge in [0.1, 0.15) is 18.0 Å². The first-order valence-electron chi connectivity index (χ1n) is 11.7. The van der Waals surface area contributed by atoms with Crippen LogP contribution in [-0.4, -0.2) is 73.9 Å². The maximum absolute atomic E-state index is 12.6. The number of anilines is 1. The molecule has 0 spiro atoms. The van der Waals surface area contributed by atoms with Gasteiger partial charge < -0.3 is 30.1 Å². The fraction of sp³-hybridized carbons (Fsp3) is 0.462. The fourth-order valence-electron chi connectivity index (χ4n) is 4.72. The Bertz CT molecular complexity index is 997. The lowest BCUT2D eigenvalue weighted by molar-refractivity contribution is -0.142. The van der Waals surface area contributed by atoms with Gasteiger partial charge in [0.2, 0.25) is 11.8 Å². The summed E-state index contributed by atoms with van der Waals surface area (Å²) in [6, 6.07) is 15.6. The Balaban J connectivity index is 1.37. The summed E-state index contributed by atoms with van der Waals surface area (Å²) in [6.45, 7) is 0.669. The number of ether oxygens (including phenoxy) is 2. The van der Waals surface area contributed by atoms with Gasteiger partial charge >= 0.3 is 0 Å². The highest BCUT2D eigenvalue weighted by atomic mass is 16.6. The van der Waals surface area contributed by atoms with Gasteiger partial charge in [-0.3, -0.25) is 9.59 Å². The SMILES string of the molecule is CN(C)CC(=O)Nc1ccc2c(c1)[C@@H]1C[C@H](CC(=O)NCCc3ccccc3)O[C@H](CO)[C@@H]1O2. The smallest absolute Gasteiger partial charge is 0.238 e. The summed E-state index contributed by atoms with van der Waals surface area (Å²) in [5, 5.41) is 15.8. The van der Waals surface area contributed by atoms with Crippen molar-refractivity contribution in [3.63, 3.8) is 0 Å². The van der Waals surface area contributed by atoms with Gasteiger partial charge in [0.15, 0.2) is 0 Å². The molecule has 3 N–H and O–H groups in total. The topological polar surface area (TPSA) is 100 Å². The zero-order valence-corrected chi connectivity index (χ0v) is 19.7. The molecule has 2 aliphatic heterocycles. The van der Waals surface area contributed by atoms with E-state index in [1.807, 2.05) is 67.5 Å². The number of likely N-dealkylation sites (N-methyl/N-ethyl adjacent to an activating group) is 1. The van der Waals surface area contributed by atoms with Crippen molar-refractivity contribution in [1.82, 2.24) is 10.2 Å². The molecule has 8 nitrogen and oxygen atoms in total. The van der Waals surface area contributed by atoms with Crippen molar-refractivity contribution in [2.24, 2.45) is 0 Å². The van der Waals surface area contributed by atoms with E-state index >= 15 is 0 Å². The van der Waals surface area contributed by atoms with E-state index in [1.165, 1.54) is 5.56 Å². The van der Waals surface area contributed by atoms with Crippen molar-refractivity contribution >= 4 is 17.5 Å². The molecule has 4 atom stereocenters. The molecule has 0 saturated carbocycles. The molecule has 1 fully saturated rings. The van der Waals surface area contributed by atoms with Gasteiger partial charge in [-0.15, -0.1) is 0 Å². The number of aliphatic hydroxyl groups is 1. The molecule has 2 heterocycles. The second kappa shape index (κ2) is 11.0. The van der Waals surface area contributed by atoms with E-state index in [0.29, 0.717) is 25.2 Å². The van der Waals surface area contributed by atoms with Crippen molar-refractivity contribution in [3.05, 3.63) is 59.7 Å². The highest BCUT2D eigenvalue weighted by Crippen LogP contribution is 2.47. The van der Waals surface area contributed by atoms with Crippen LogP contribution in [0.25, 0.3) is 0 Å². The van der Waals surface area contributed by atoms with Gasteiger partial charge in [0.05, 0.1) is 25.7 Å². The number of carbonyl (C=O) groups excluding carboxylic acids is 2. The molecule has 8 heteroatoms. The minimum Gasteiger partial charge on any atom is -0.487 e. The molecule has 0 aromatic heterocycles. The van der Waals surface area contributed by atoms with E-state index in [4.69, 9.17) is 9.47 Å². The predicted molar refractivity (Wildman–Crippen MR) is 129 cm³/mol. The summed E-state index contributed by atoms with van der Waals surface area (Å²) in [5.74, 6) is 0.551. The third-order valence-electron chi connectivity index (χ3n) is 6.23. The Morgan fingerprint density at radius 2 is 1.91 bits per heavy atom. The van der Waals surface area contributed by atoms with E-state index in [9.17, 15) is 14.7 Å². The van der Waals surface area contributed by atoms with Crippen LogP contribution >= 0.6 is 0 Å². The van der Waals surface area contributed by atoms with E-state index in [0.717, 1.165) is 17.7 Å². The quantitative estimate of drug-likeness (QED) is 0.521. The van der Waals surface area contributed by atoms with E-state index in [1.54, 1.807) is 0 Å². The van der Waals surface area contributed by atoms with Crippen LogP contribution < -0.4 is 15.4 Å². The fourth-order valence-corrected chi connectivity index (χ4v) is 4.72. The summed E-state index contributed by atoms with van der Waals surface area (Å²) in [5.41, 5.74) is 2.86. The highest BCUT2D eigenvalue weighted by Gasteiger charge is 2.46. The lowest BCUT2D eigenvalue weighted by Gasteiger charge is -2.37. The van der Waals surface area contributed by atoms with Crippen molar-refractivity contribution in [2.45, 2.75) is 43.5 Å². The molecule has 4 rings (SSSR count). The molecule has 0 unspecified atom stereocenters. The number of rotatable bonds is 9. The molecule has 0 bridgehead atoms. The lowest BCUT2D eigenvalue weighted by atomic mass is 9.84. The van der Waals surface area contributed by atoms with Crippen LogP contribution in [0.15, 0.2) is 48.5 Å². The van der Waals surface area contributed by atoms with Crippen LogP contribution in [0.5, 0.6) is 5.75 Å². The van der Waals surface area contributed by atoms with E-state index in [-0.39, 0.29) is 43.0 Å². The maximum atomic E-state index is 12.6. The Morgan fingerprint density at radius 3 is 2.65 bits per heavy atom. The molecule has 2 aliphatic rings. The van der Waals surface area contributed by atoms with Gasteiger partial charge in [-0.25, -0.2) is 0 Å². The Kier molecular flexibility index (Phi) is 7.82. The number of hydrogen-bond donors (Lipinski definition) is 3. The predicted octanol–water partition coefficient (Wildman–Crippen LogP) is 1.93. The van der Waals surface area contributed by atoms with Crippen molar-refractivity contribution < 1.29 is 24.2 Å². The largest absolute Gasteiger partial charge is 0.487 e. The minimum absolute atomic E-state index is 0.0197. The van der Waals surface area contributed by atoms with E-state index in [2.05, 4.69) is 10.6 Å². The van der Waals surface area contributed by atoms with Gasteiger partial charge in [-0.05, 0) is 50.7 Å². The summed E-state index contributed by atoms with van der Waals surface area (Å²) in [7, 11) is 3.69. The van der Waals surface area contributed by atoms with Crippen molar-refractivity contribution in [1.29, 1.82) is 0 Å². The number of benzene rings is 2. The average molecular weight is 468 g/mol. The zero-order valence-electron chi connectivity index (χ0n) is 19.7. The number of nitrogens with one attached hydrogen (secondary N) is 2. The Hall–Kier alpha value is -2.94. The minimum atomic E-state index is -0.514. The van der Waals surface area contributed by atoms with Gasteiger partial charge in [-0.1, -0.05) is 30.3 Å². The lowest BCUT2D eigenvalue weighted by Crippen LogP contribution is -2.47. The van der Waals surface area contributed by atoms with Crippen molar-refractivity contribution in [3.8, 4) is 5.75 Å². The summed E-state index contributed by atoms with van der Waals surface area (Å²) >= 11 is 0. The first kappa shape index (κ1) is 24.2. The van der Waals surface area contributed by atoms with Crippen LogP contribution in [0.1, 0.15) is 29.9 Å². The normalized spacial score (nSPS) is 23.1. The first-order chi connectivity index (χ1) is 16.4. The van der Waals surface area contributed by atoms with Crippen LogP contribution in [0, 0.1) is 0 Å². The van der Waals surface area contributed by atoms with Crippen molar-refractivity contribution in [2.75, 3.05) is 39.1 Å². The molecule has 2 amide bonds. The Labute approximate surface area is 200 Å². The van der Waals surface area contributed by atoms with E-state index < -0.39 is 6.10 Å². The first-order valence-corrected chi connectivity index (χ1v) is 11.7. The zero-order chi connectivity index (χ0) is 24.1. The second-order valence-corrected chi connectivity index (χ2v) is 9.23. The molecular weight excluding hydrogens is 434 g/mol. The summed E-state index contributed by atoms with van der Waals surface area (Å²) in [4.78, 5) is 26.5. The summed E-state index contributed by atoms with van der Waals surface area (Å²) < 4.78 is 12.1. The van der Waals surface area contributed by atoms with Crippen LogP contribution in [-0.2, 0) is 20.7 Å². The number of aliphatic hydroxyl groups excluding tert-OH is 1.